The van der Waals surface area contributed by atoms with E-state index in [1.807, 2.05) is 13.8 Å². The van der Waals surface area contributed by atoms with Gasteiger partial charge in [0, 0.05) is 25.9 Å². The van der Waals surface area contributed by atoms with E-state index in [1.165, 1.54) is 0 Å². The van der Waals surface area contributed by atoms with Gasteiger partial charge in [0.2, 0.25) is 0 Å². The lowest BCUT2D eigenvalue weighted by atomic mass is 10.1. The first-order valence-electron chi connectivity index (χ1n) is 5.20. The summed E-state index contributed by atoms with van der Waals surface area (Å²) in [6.45, 7) is 3.77. The van der Waals surface area contributed by atoms with Gasteiger partial charge < -0.3 is 15.7 Å². The summed E-state index contributed by atoms with van der Waals surface area (Å²) in [6.07, 6.45) is 3.28. The predicted molar refractivity (Wildman–Crippen MR) is 61.1 cm³/mol. The van der Waals surface area contributed by atoms with Crippen LogP contribution >= 0.6 is 0 Å². The number of carbonyl (C=O) groups is 1. The number of carbonyl (C=O) groups excluding carboxylic acids is 1. The van der Waals surface area contributed by atoms with Crippen molar-refractivity contribution in [1.82, 2.24) is 15.1 Å². The zero-order valence-electron chi connectivity index (χ0n) is 9.77. The molecule has 6 nitrogen and oxygen atoms in total. The van der Waals surface area contributed by atoms with Gasteiger partial charge in [0.15, 0.2) is 0 Å². The lowest BCUT2D eigenvalue weighted by Crippen LogP contribution is -2.40. The Hall–Kier alpha value is -1.56. The fourth-order valence-corrected chi connectivity index (χ4v) is 1.16. The fourth-order valence-electron chi connectivity index (χ4n) is 1.16. The van der Waals surface area contributed by atoms with Gasteiger partial charge >= 0.3 is 6.03 Å². The standard InChI is InChI=1S/C10H18N4O2/c1-7(6-15)8(2)12-10(16)13-9-4-11-14(3)5-9/h4-5,7-8,15H,6H2,1-3H3,(H2,12,13,16). The Balaban J connectivity index is 2.42. The highest BCUT2D eigenvalue weighted by molar-refractivity contribution is 5.89. The second-order valence-corrected chi connectivity index (χ2v) is 3.95. The molecule has 0 aliphatic heterocycles. The van der Waals surface area contributed by atoms with Crippen molar-refractivity contribution in [1.29, 1.82) is 0 Å². The zero-order chi connectivity index (χ0) is 12.1. The van der Waals surface area contributed by atoms with Crippen LogP contribution in [0.15, 0.2) is 12.4 Å². The Morgan fingerprint density at radius 3 is 2.81 bits per heavy atom. The fraction of sp³-hybridized carbons (Fsp3) is 0.600. The highest BCUT2D eigenvalue weighted by Gasteiger charge is 2.13. The highest BCUT2D eigenvalue weighted by atomic mass is 16.3. The van der Waals surface area contributed by atoms with Gasteiger partial charge in [-0.25, -0.2) is 4.79 Å². The molecule has 0 aromatic carbocycles. The minimum absolute atomic E-state index is 0.0275. The molecule has 0 aliphatic carbocycles. The third kappa shape index (κ3) is 3.54. The molecule has 0 saturated heterocycles. The number of anilines is 1. The molecule has 3 N–H and O–H groups in total. The first-order valence-corrected chi connectivity index (χ1v) is 5.20. The van der Waals surface area contributed by atoms with Gasteiger partial charge in [0.25, 0.3) is 0 Å². The normalized spacial score (nSPS) is 14.2. The molecular weight excluding hydrogens is 208 g/mol. The van der Waals surface area contributed by atoms with Crippen molar-refractivity contribution in [3.8, 4) is 0 Å². The van der Waals surface area contributed by atoms with E-state index in [4.69, 9.17) is 5.11 Å². The van der Waals surface area contributed by atoms with Crippen molar-refractivity contribution in [3.63, 3.8) is 0 Å². The van der Waals surface area contributed by atoms with Gasteiger partial charge in [0.1, 0.15) is 0 Å². The molecule has 0 spiro atoms. The molecule has 1 rings (SSSR count). The van der Waals surface area contributed by atoms with E-state index < -0.39 is 0 Å². The largest absolute Gasteiger partial charge is 0.396 e. The minimum atomic E-state index is -0.291. The average Bonchev–Trinajstić information content (AvgIpc) is 2.62. The van der Waals surface area contributed by atoms with Gasteiger partial charge in [-0.15, -0.1) is 0 Å². The van der Waals surface area contributed by atoms with Crippen LogP contribution in [0.2, 0.25) is 0 Å². The van der Waals surface area contributed by atoms with E-state index >= 15 is 0 Å². The van der Waals surface area contributed by atoms with Gasteiger partial charge in [-0.3, -0.25) is 4.68 Å². The molecule has 0 saturated carbocycles. The molecule has 0 fully saturated rings. The van der Waals surface area contributed by atoms with Crippen molar-refractivity contribution in [3.05, 3.63) is 12.4 Å². The molecule has 6 heteroatoms. The molecule has 90 valence electrons. The lowest BCUT2D eigenvalue weighted by molar-refractivity contribution is 0.204. The van der Waals surface area contributed by atoms with Gasteiger partial charge in [0.05, 0.1) is 11.9 Å². The maximum atomic E-state index is 11.5. The predicted octanol–water partition coefficient (Wildman–Crippen LogP) is 0.558. The third-order valence-corrected chi connectivity index (χ3v) is 2.46. The zero-order valence-corrected chi connectivity index (χ0v) is 9.77. The first-order chi connectivity index (χ1) is 7.52. The average molecular weight is 226 g/mol. The quantitative estimate of drug-likeness (QED) is 0.701. The number of amides is 2. The van der Waals surface area contributed by atoms with Crippen LogP contribution in [0.25, 0.3) is 0 Å². The van der Waals surface area contributed by atoms with Crippen LogP contribution in [0.5, 0.6) is 0 Å². The minimum Gasteiger partial charge on any atom is -0.396 e. The highest BCUT2D eigenvalue weighted by Crippen LogP contribution is 2.04. The molecule has 2 atom stereocenters. The number of urea groups is 1. The van der Waals surface area contributed by atoms with Crippen LogP contribution in [0.4, 0.5) is 10.5 Å². The molecule has 1 aromatic rings. The van der Waals surface area contributed by atoms with Crippen molar-refractivity contribution < 1.29 is 9.90 Å². The number of hydrogen-bond acceptors (Lipinski definition) is 3. The molecule has 2 amide bonds. The van der Waals surface area contributed by atoms with Gasteiger partial charge in [-0.1, -0.05) is 6.92 Å². The van der Waals surface area contributed by atoms with Crippen LogP contribution in [0, 0.1) is 5.92 Å². The summed E-state index contributed by atoms with van der Waals surface area (Å²) < 4.78 is 1.61. The topological polar surface area (TPSA) is 79.2 Å². The molecule has 1 aromatic heterocycles. The summed E-state index contributed by atoms with van der Waals surface area (Å²) >= 11 is 0. The Morgan fingerprint density at radius 1 is 1.62 bits per heavy atom. The van der Waals surface area contributed by atoms with E-state index in [1.54, 1.807) is 24.1 Å². The van der Waals surface area contributed by atoms with E-state index in [0.717, 1.165) is 0 Å². The summed E-state index contributed by atoms with van der Waals surface area (Å²) in [5, 5.41) is 18.3. The number of hydrogen-bond donors (Lipinski definition) is 3. The van der Waals surface area contributed by atoms with Crippen LogP contribution in [0.1, 0.15) is 13.8 Å². The number of rotatable bonds is 4. The van der Waals surface area contributed by atoms with E-state index in [-0.39, 0.29) is 24.6 Å². The molecule has 2 unspecified atom stereocenters. The van der Waals surface area contributed by atoms with Crippen LogP contribution in [-0.2, 0) is 7.05 Å². The van der Waals surface area contributed by atoms with Crippen LogP contribution < -0.4 is 10.6 Å². The van der Waals surface area contributed by atoms with E-state index in [9.17, 15) is 4.79 Å². The smallest absolute Gasteiger partial charge is 0.319 e. The Morgan fingerprint density at radius 2 is 2.31 bits per heavy atom. The number of aromatic nitrogens is 2. The molecule has 0 radical (unpaired) electrons. The van der Waals surface area contributed by atoms with Gasteiger partial charge in [-0.05, 0) is 12.8 Å². The van der Waals surface area contributed by atoms with Crippen LogP contribution in [-0.4, -0.2) is 33.6 Å². The van der Waals surface area contributed by atoms with E-state index in [0.29, 0.717) is 5.69 Å². The Kier molecular flexibility index (Phi) is 4.30. The summed E-state index contributed by atoms with van der Waals surface area (Å²) in [6, 6.07) is -0.373. The number of aryl methyl sites for hydroxylation is 1. The Bertz CT molecular complexity index is 350. The van der Waals surface area contributed by atoms with Crippen LogP contribution in [0.3, 0.4) is 0 Å². The van der Waals surface area contributed by atoms with Gasteiger partial charge in [-0.2, -0.15) is 5.10 Å². The Labute approximate surface area is 94.6 Å². The maximum absolute atomic E-state index is 11.5. The lowest BCUT2D eigenvalue weighted by Gasteiger charge is -2.19. The van der Waals surface area contributed by atoms with E-state index in [2.05, 4.69) is 15.7 Å². The van der Waals surface area contributed by atoms with Crippen molar-refractivity contribution in [2.75, 3.05) is 11.9 Å². The SMILES string of the molecule is CC(CO)C(C)NC(=O)Nc1cnn(C)c1. The summed E-state index contributed by atoms with van der Waals surface area (Å²) in [4.78, 5) is 11.5. The van der Waals surface area contributed by atoms with Crippen molar-refractivity contribution >= 4 is 11.7 Å². The molecule has 0 bridgehead atoms. The molecular formula is C10H18N4O2. The monoisotopic (exact) mass is 226 g/mol. The van der Waals surface area contributed by atoms with Crippen molar-refractivity contribution in [2.45, 2.75) is 19.9 Å². The molecule has 0 aliphatic rings. The molecule has 1 heterocycles. The number of nitrogens with zero attached hydrogens (tertiary/aromatic N) is 2. The summed E-state index contributed by atoms with van der Waals surface area (Å²) in [5.74, 6) is 0.0275. The second-order valence-electron chi connectivity index (χ2n) is 3.95. The number of aliphatic hydroxyl groups is 1. The van der Waals surface area contributed by atoms with Crippen molar-refractivity contribution in [2.24, 2.45) is 13.0 Å². The number of nitrogens with one attached hydrogen (secondary N) is 2. The molecule has 16 heavy (non-hydrogen) atoms. The summed E-state index contributed by atoms with van der Waals surface area (Å²) in [7, 11) is 1.78. The third-order valence-electron chi connectivity index (χ3n) is 2.46. The summed E-state index contributed by atoms with van der Waals surface area (Å²) in [5.41, 5.74) is 0.642. The maximum Gasteiger partial charge on any atom is 0.319 e. The first kappa shape index (κ1) is 12.5. The second kappa shape index (κ2) is 5.50. The number of aliphatic hydroxyl groups excluding tert-OH is 1.